The molecule has 1 aliphatic carbocycles. The van der Waals surface area contributed by atoms with Crippen molar-refractivity contribution in [3.8, 4) is 0 Å². The molecular weight excluding hydrogens is 507 g/mol. The number of allylic oxidation sites excluding steroid dienone is 3. The second-order valence-corrected chi connectivity index (χ2v) is 12.1. The number of hydrogen-bond donors (Lipinski definition) is 1. The Hall–Kier alpha value is -1.80. The predicted octanol–water partition coefficient (Wildman–Crippen LogP) is 6.89. The number of carbonyl (C=O) groups excluding carboxylic acids is 1. The van der Waals surface area contributed by atoms with Gasteiger partial charge in [0.1, 0.15) is 5.82 Å². The van der Waals surface area contributed by atoms with Crippen LogP contribution in [0.25, 0.3) is 0 Å². The Morgan fingerprint density at radius 2 is 1.89 bits per heavy atom. The maximum Gasteiger partial charge on any atom is 0.322 e. The molecule has 1 N–H and O–H groups in total. The van der Waals surface area contributed by atoms with E-state index >= 15 is 0 Å². The first-order valence-corrected chi connectivity index (χ1v) is 15.0. The van der Waals surface area contributed by atoms with Gasteiger partial charge in [0.2, 0.25) is 0 Å². The van der Waals surface area contributed by atoms with Crippen LogP contribution < -0.4 is 5.32 Å². The Morgan fingerprint density at radius 3 is 2.59 bits per heavy atom. The number of urea groups is 1. The number of nitrogens with one attached hydrogen (secondary N) is 1. The van der Waals surface area contributed by atoms with E-state index in [9.17, 15) is 9.18 Å². The Kier molecular flexibility index (Phi) is 9.29. The van der Waals surface area contributed by atoms with E-state index in [1.807, 2.05) is 16.7 Å². The summed E-state index contributed by atoms with van der Waals surface area (Å²) in [6.07, 6.45) is 16.0. The number of halogens is 2. The lowest BCUT2D eigenvalue weighted by Crippen LogP contribution is -2.47. The number of carbonyl (C=O) groups is 1. The fraction of sp³-hybridized carbons (Fsp3) is 0.552. The summed E-state index contributed by atoms with van der Waals surface area (Å²) in [6.45, 7) is 7.31. The lowest BCUT2D eigenvalue weighted by molar-refractivity contribution is 0.154. The molecular formula is C29H38ClFN4OS. The summed E-state index contributed by atoms with van der Waals surface area (Å²) in [7, 11) is 0. The fourth-order valence-corrected chi connectivity index (χ4v) is 6.94. The highest BCUT2D eigenvalue weighted by Gasteiger charge is 2.28. The van der Waals surface area contributed by atoms with Crippen LogP contribution in [0.5, 0.6) is 0 Å². The first kappa shape index (κ1) is 26.8. The monoisotopic (exact) mass is 544 g/mol. The first-order chi connectivity index (χ1) is 18.0. The molecule has 1 aromatic carbocycles. The molecule has 2 amide bonds. The van der Waals surface area contributed by atoms with Crippen LogP contribution in [0.1, 0.15) is 51.4 Å². The number of benzene rings is 1. The number of thioether (sulfide) groups is 1. The normalized spacial score (nSPS) is 23.0. The highest BCUT2D eigenvalue weighted by atomic mass is 35.5. The van der Waals surface area contributed by atoms with E-state index in [1.54, 1.807) is 6.07 Å². The Morgan fingerprint density at radius 1 is 1.08 bits per heavy atom. The van der Waals surface area contributed by atoms with Crippen LogP contribution in [0, 0.1) is 5.82 Å². The standard InChI is InChI=1S/C29H38ClFN4OS/c30-26-20-23(10-13-27(26)31)32-29(36)35(19-18-33-14-2-1-3-15-33)24-11-8-22(9-12-24)28-7-4-6-25(37-28)21-34-16-5-17-34/h6-8,10,13,20,24H,1-5,9,11-12,14-19,21H2,(H,32,36). The Bertz CT molecular complexity index is 1060. The highest BCUT2D eigenvalue weighted by molar-refractivity contribution is 8.07. The van der Waals surface area contributed by atoms with E-state index < -0.39 is 5.82 Å². The van der Waals surface area contributed by atoms with Crippen LogP contribution in [0.3, 0.4) is 0 Å². The quantitative estimate of drug-likeness (QED) is 0.387. The minimum Gasteiger partial charge on any atom is -0.320 e. The Labute approximate surface area is 229 Å². The molecule has 0 bridgehead atoms. The van der Waals surface area contributed by atoms with E-state index in [1.165, 1.54) is 66.3 Å². The maximum atomic E-state index is 13.6. The molecule has 3 aliphatic heterocycles. The van der Waals surface area contributed by atoms with Gasteiger partial charge in [0.15, 0.2) is 0 Å². The summed E-state index contributed by atoms with van der Waals surface area (Å²) >= 11 is 7.89. The average Bonchev–Trinajstić information content (AvgIpc) is 2.90. The van der Waals surface area contributed by atoms with Crippen molar-refractivity contribution in [2.45, 2.75) is 57.4 Å². The zero-order chi connectivity index (χ0) is 25.6. The van der Waals surface area contributed by atoms with E-state index in [0.29, 0.717) is 12.2 Å². The topological polar surface area (TPSA) is 38.8 Å². The van der Waals surface area contributed by atoms with Gasteiger partial charge in [-0.15, -0.1) is 0 Å². The number of amides is 2. The molecule has 200 valence electrons. The fourth-order valence-electron chi connectivity index (χ4n) is 5.55. The summed E-state index contributed by atoms with van der Waals surface area (Å²) < 4.78 is 13.6. The molecule has 2 saturated heterocycles. The smallest absolute Gasteiger partial charge is 0.320 e. The molecule has 5 rings (SSSR count). The molecule has 2 fully saturated rings. The minimum absolute atomic E-state index is 0.0173. The minimum atomic E-state index is -0.482. The number of anilines is 1. The van der Waals surface area contributed by atoms with Crippen LogP contribution in [0.2, 0.25) is 5.02 Å². The van der Waals surface area contributed by atoms with Crippen molar-refractivity contribution in [1.82, 2.24) is 14.7 Å². The number of nitrogens with zero attached hydrogens (tertiary/aromatic N) is 3. The van der Waals surface area contributed by atoms with Gasteiger partial charge in [0.05, 0.1) is 5.02 Å². The summed E-state index contributed by atoms with van der Waals surface area (Å²) in [4.78, 5) is 23.3. The molecule has 8 heteroatoms. The lowest BCUT2D eigenvalue weighted by Gasteiger charge is -2.37. The van der Waals surface area contributed by atoms with Crippen molar-refractivity contribution in [2.24, 2.45) is 0 Å². The van der Waals surface area contributed by atoms with Gasteiger partial charge in [-0.1, -0.05) is 48.0 Å². The summed E-state index contributed by atoms with van der Waals surface area (Å²) in [5.41, 5.74) is 1.95. The molecule has 37 heavy (non-hydrogen) atoms. The molecule has 0 radical (unpaired) electrons. The molecule has 5 nitrogen and oxygen atoms in total. The average molecular weight is 545 g/mol. The number of hydrogen-bond acceptors (Lipinski definition) is 4. The third-order valence-corrected chi connectivity index (χ3v) is 9.39. The van der Waals surface area contributed by atoms with Crippen LogP contribution in [0.15, 0.2) is 51.8 Å². The van der Waals surface area contributed by atoms with Crippen molar-refractivity contribution in [2.75, 3.05) is 51.1 Å². The number of piperidine rings is 1. The molecule has 1 aromatic rings. The summed E-state index contributed by atoms with van der Waals surface area (Å²) in [6, 6.07) is 4.36. The van der Waals surface area contributed by atoms with Crippen LogP contribution in [-0.4, -0.2) is 72.6 Å². The highest BCUT2D eigenvalue weighted by Crippen LogP contribution is 2.40. The first-order valence-electron chi connectivity index (χ1n) is 13.8. The number of likely N-dealkylation sites (tertiary alicyclic amines) is 2. The SMILES string of the molecule is O=C(Nc1ccc(F)c(Cl)c1)N(CCN1CCCCC1)C1CC=C(C2=CCC=C(CN3CCC3)S2)CC1. The van der Waals surface area contributed by atoms with Gasteiger partial charge in [0.25, 0.3) is 0 Å². The summed E-state index contributed by atoms with van der Waals surface area (Å²) in [5, 5.41) is 2.99. The third kappa shape index (κ3) is 7.20. The van der Waals surface area contributed by atoms with Crippen molar-refractivity contribution >= 4 is 35.1 Å². The van der Waals surface area contributed by atoms with Crippen LogP contribution in [-0.2, 0) is 0 Å². The van der Waals surface area contributed by atoms with E-state index in [2.05, 4.69) is 33.3 Å². The van der Waals surface area contributed by atoms with Gasteiger partial charge in [0, 0.05) is 41.2 Å². The van der Waals surface area contributed by atoms with Gasteiger partial charge in [-0.05, 0) is 94.9 Å². The zero-order valence-electron chi connectivity index (χ0n) is 21.6. The molecule has 0 spiro atoms. The third-order valence-electron chi connectivity index (χ3n) is 7.90. The molecule has 1 atom stereocenters. The van der Waals surface area contributed by atoms with Crippen molar-refractivity contribution in [3.05, 3.63) is 62.7 Å². The van der Waals surface area contributed by atoms with E-state index in [-0.39, 0.29) is 17.1 Å². The van der Waals surface area contributed by atoms with E-state index in [4.69, 9.17) is 11.6 Å². The van der Waals surface area contributed by atoms with Gasteiger partial charge in [-0.2, -0.15) is 0 Å². The lowest BCUT2D eigenvalue weighted by atomic mass is 9.93. The molecule has 3 heterocycles. The predicted molar refractivity (Wildman–Crippen MR) is 153 cm³/mol. The van der Waals surface area contributed by atoms with Crippen LogP contribution in [0.4, 0.5) is 14.9 Å². The van der Waals surface area contributed by atoms with E-state index in [0.717, 1.165) is 51.9 Å². The molecule has 4 aliphatic rings. The second kappa shape index (κ2) is 12.8. The zero-order valence-corrected chi connectivity index (χ0v) is 23.1. The van der Waals surface area contributed by atoms with Gasteiger partial charge >= 0.3 is 6.03 Å². The van der Waals surface area contributed by atoms with Gasteiger partial charge < -0.3 is 15.1 Å². The molecule has 1 unspecified atom stereocenters. The number of rotatable bonds is 8. The molecule has 0 aromatic heterocycles. The second-order valence-electron chi connectivity index (χ2n) is 10.5. The van der Waals surface area contributed by atoms with Crippen molar-refractivity contribution < 1.29 is 9.18 Å². The van der Waals surface area contributed by atoms with Crippen molar-refractivity contribution in [3.63, 3.8) is 0 Å². The Balaban J connectivity index is 1.23. The van der Waals surface area contributed by atoms with Gasteiger partial charge in [-0.25, -0.2) is 9.18 Å². The largest absolute Gasteiger partial charge is 0.322 e. The molecule has 0 saturated carbocycles. The maximum absolute atomic E-state index is 13.6. The van der Waals surface area contributed by atoms with Gasteiger partial charge in [-0.3, -0.25) is 4.90 Å². The van der Waals surface area contributed by atoms with Crippen LogP contribution >= 0.6 is 23.4 Å². The summed E-state index contributed by atoms with van der Waals surface area (Å²) in [5.74, 6) is -0.482. The van der Waals surface area contributed by atoms with Crippen molar-refractivity contribution in [1.29, 1.82) is 0 Å².